The molecule has 4 heterocycles. The van der Waals surface area contributed by atoms with Crippen molar-refractivity contribution in [3.63, 3.8) is 0 Å². The van der Waals surface area contributed by atoms with Gasteiger partial charge in [0, 0.05) is 36.8 Å². The van der Waals surface area contributed by atoms with Crippen molar-refractivity contribution in [2.24, 2.45) is 0 Å². The molecule has 0 bridgehead atoms. The lowest BCUT2D eigenvalue weighted by Gasteiger charge is -2.39. The first kappa shape index (κ1) is 16.4. The molecule has 4 rings (SSSR count). The molecular formula is C17H24N4OS2. The van der Waals surface area contributed by atoms with Gasteiger partial charge in [-0.1, -0.05) is 0 Å². The fourth-order valence-corrected chi connectivity index (χ4v) is 5.72. The molecule has 0 aromatic carbocycles. The fraction of sp³-hybridized carbons (Fsp3) is 0.647. The quantitative estimate of drug-likeness (QED) is 0.910. The molecule has 24 heavy (non-hydrogen) atoms. The summed E-state index contributed by atoms with van der Waals surface area (Å²) in [5.41, 5.74) is 1.51. The Hall–Kier alpha value is -1.05. The minimum absolute atomic E-state index is 0.0194. The van der Waals surface area contributed by atoms with Crippen molar-refractivity contribution in [3.05, 3.63) is 23.0 Å². The maximum absolute atomic E-state index is 12.7. The first-order valence-electron chi connectivity index (χ1n) is 8.77. The average Bonchev–Trinajstić information content (AvgIpc) is 3.16. The Kier molecular flexibility index (Phi) is 4.83. The highest BCUT2D eigenvalue weighted by Crippen LogP contribution is 2.25. The van der Waals surface area contributed by atoms with Crippen LogP contribution in [0.15, 0.2) is 11.6 Å². The van der Waals surface area contributed by atoms with Crippen molar-refractivity contribution in [2.45, 2.75) is 44.7 Å². The summed E-state index contributed by atoms with van der Waals surface area (Å²) in [5.74, 6) is 2.63. The van der Waals surface area contributed by atoms with Crippen LogP contribution in [-0.2, 0) is 0 Å². The van der Waals surface area contributed by atoms with Crippen molar-refractivity contribution in [1.82, 2.24) is 19.6 Å². The van der Waals surface area contributed by atoms with Crippen molar-refractivity contribution in [2.75, 3.05) is 24.6 Å². The van der Waals surface area contributed by atoms with E-state index >= 15 is 0 Å². The van der Waals surface area contributed by atoms with E-state index in [1.165, 1.54) is 24.3 Å². The number of nitrogens with one attached hydrogen (secondary N) is 1. The number of aromatic nitrogens is 2. The van der Waals surface area contributed by atoms with Crippen molar-refractivity contribution in [3.8, 4) is 0 Å². The molecule has 7 heteroatoms. The van der Waals surface area contributed by atoms with E-state index in [1.807, 2.05) is 22.9 Å². The fourth-order valence-electron chi connectivity index (χ4n) is 3.88. The van der Waals surface area contributed by atoms with Gasteiger partial charge in [-0.3, -0.25) is 9.20 Å². The number of amides is 1. The minimum Gasteiger partial charge on any atom is -0.348 e. The summed E-state index contributed by atoms with van der Waals surface area (Å²) >= 11 is 3.65. The molecule has 1 N–H and O–H groups in total. The summed E-state index contributed by atoms with van der Waals surface area (Å²) in [7, 11) is 0. The van der Waals surface area contributed by atoms with Gasteiger partial charge in [0.05, 0.1) is 5.69 Å². The molecular weight excluding hydrogens is 340 g/mol. The van der Waals surface area contributed by atoms with Gasteiger partial charge in [-0.25, -0.2) is 4.98 Å². The van der Waals surface area contributed by atoms with Crippen LogP contribution in [0.25, 0.3) is 4.96 Å². The van der Waals surface area contributed by atoms with Crippen LogP contribution in [0.4, 0.5) is 0 Å². The topological polar surface area (TPSA) is 49.6 Å². The van der Waals surface area contributed by atoms with Gasteiger partial charge in [0.15, 0.2) is 4.96 Å². The molecule has 0 atom stereocenters. The SMILES string of the molecule is Cc1nc2sccn2c1C(=O)NC1CCN(C2CCSCC2)CC1. The number of likely N-dealkylation sites (tertiary alicyclic amines) is 1. The summed E-state index contributed by atoms with van der Waals surface area (Å²) in [4.78, 5) is 20.7. The minimum atomic E-state index is 0.0194. The van der Waals surface area contributed by atoms with Gasteiger partial charge in [0.25, 0.3) is 5.91 Å². The first-order chi connectivity index (χ1) is 11.7. The largest absolute Gasteiger partial charge is 0.348 e. The third kappa shape index (κ3) is 3.21. The Morgan fingerprint density at radius 1 is 1.25 bits per heavy atom. The molecule has 2 aromatic heterocycles. The maximum atomic E-state index is 12.7. The number of hydrogen-bond acceptors (Lipinski definition) is 5. The van der Waals surface area contributed by atoms with E-state index in [2.05, 4.69) is 27.0 Å². The molecule has 0 saturated carbocycles. The van der Waals surface area contributed by atoms with Crippen LogP contribution in [0, 0.1) is 6.92 Å². The number of imidazole rings is 1. The predicted octanol–water partition coefficient (Wildman–Crippen LogP) is 2.79. The monoisotopic (exact) mass is 364 g/mol. The summed E-state index contributed by atoms with van der Waals surface area (Å²) in [6, 6.07) is 1.06. The zero-order valence-corrected chi connectivity index (χ0v) is 15.7. The van der Waals surface area contributed by atoms with Gasteiger partial charge in [-0.05, 0) is 44.1 Å². The molecule has 1 amide bonds. The number of thioether (sulfide) groups is 1. The molecule has 0 radical (unpaired) electrons. The van der Waals surface area contributed by atoms with Crippen LogP contribution in [-0.4, -0.2) is 56.9 Å². The lowest BCUT2D eigenvalue weighted by Crippen LogP contribution is -2.49. The normalized spacial score (nSPS) is 21.4. The Bertz CT molecular complexity index is 711. The molecule has 0 aliphatic carbocycles. The van der Waals surface area contributed by atoms with E-state index in [4.69, 9.17) is 0 Å². The van der Waals surface area contributed by atoms with Gasteiger partial charge < -0.3 is 10.2 Å². The van der Waals surface area contributed by atoms with E-state index in [-0.39, 0.29) is 11.9 Å². The lowest BCUT2D eigenvalue weighted by atomic mass is 10.0. The van der Waals surface area contributed by atoms with E-state index < -0.39 is 0 Å². The van der Waals surface area contributed by atoms with Crippen molar-refractivity contribution in [1.29, 1.82) is 0 Å². The molecule has 0 spiro atoms. The highest BCUT2D eigenvalue weighted by Gasteiger charge is 2.28. The van der Waals surface area contributed by atoms with E-state index in [0.29, 0.717) is 5.69 Å². The standard InChI is InChI=1S/C17H24N4OS2/c1-12-15(21-8-11-24-17(21)18-12)16(22)19-13-2-6-20(7-3-13)14-4-9-23-10-5-14/h8,11,13-14H,2-7,9-10H2,1H3,(H,19,22). The second-order valence-corrected chi connectivity index (χ2v) is 8.83. The number of carbonyl (C=O) groups is 1. The van der Waals surface area contributed by atoms with E-state index in [0.717, 1.165) is 42.6 Å². The maximum Gasteiger partial charge on any atom is 0.270 e. The number of rotatable bonds is 3. The highest BCUT2D eigenvalue weighted by molar-refractivity contribution is 7.99. The Labute approximate surface area is 150 Å². The second-order valence-electron chi connectivity index (χ2n) is 6.73. The molecule has 5 nitrogen and oxygen atoms in total. The van der Waals surface area contributed by atoms with Crippen LogP contribution >= 0.6 is 23.1 Å². The summed E-state index contributed by atoms with van der Waals surface area (Å²) < 4.78 is 1.91. The molecule has 2 aliphatic heterocycles. The van der Waals surface area contributed by atoms with Gasteiger partial charge in [-0.15, -0.1) is 11.3 Å². The number of fused-ring (bicyclic) bond motifs is 1. The predicted molar refractivity (Wildman–Crippen MR) is 100 cm³/mol. The van der Waals surface area contributed by atoms with Crippen LogP contribution in [0.2, 0.25) is 0 Å². The van der Waals surface area contributed by atoms with E-state index in [1.54, 1.807) is 11.3 Å². The number of piperidine rings is 1. The third-order valence-corrected chi connectivity index (χ3v) is 7.03. The van der Waals surface area contributed by atoms with Gasteiger partial charge in [0.1, 0.15) is 5.69 Å². The Morgan fingerprint density at radius 2 is 2.00 bits per heavy atom. The summed E-state index contributed by atoms with van der Waals surface area (Å²) in [6.07, 6.45) is 6.69. The molecule has 2 aliphatic rings. The molecule has 2 saturated heterocycles. The zero-order chi connectivity index (χ0) is 16.5. The summed E-state index contributed by atoms with van der Waals surface area (Å²) in [5, 5.41) is 5.21. The van der Waals surface area contributed by atoms with Crippen LogP contribution in [0.3, 0.4) is 0 Å². The second kappa shape index (κ2) is 7.06. The van der Waals surface area contributed by atoms with Crippen molar-refractivity contribution < 1.29 is 4.79 Å². The first-order valence-corrected chi connectivity index (χ1v) is 10.8. The number of aryl methyl sites for hydroxylation is 1. The third-order valence-electron chi connectivity index (χ3n) is 5.22. The molecule has 0 unspecified atom stereocenters. The molecule has 2 aromatic rings. The highest BCUT2D eigenvalue weighted by atomic mass is 32.2. The number of thiazole rings is 1. The van der Waals surface area contributed by atoms with Crippen LogP contribution in [0.5, 0.6) is 0 Å². The average molecular weight is 365 g/mol. The zero-order valence-electron chi connectivity index (χ0n) is 14.0. The van der Waals surface area contributed by atoms with Crippen molar-refractivity contribution >= 4 is 34.0 Å². The smallest absolute Gasteiger partial charge is 0.270 e. The molecule has 130 valence electrons. The number of hydrogen-bond donors (Lipinski definition) is 1. The molecule has 2 fully saturated rings. The number of nitrogens with zero attached hydrogens (tertiary/aromatic N) is 3. The van der Waals surface area contributed by atoms with Gasteiger partial charge in [0.2, 0.25) is 0 Å². The van der Waals surface area contributed by atoms with Crippen LogP contribution in [0.1, 0.15) is 41.9 Å². The lowest BCUT2D eigenvalue weighted by molar-refractivity contribution is 0.0880. The van der Waals surface area contributed by atoms with Gasteiger partial charge in [-0.2, -0.15) is 11.8 Å². The van der Waals surface area contributed by atoms with Gasteiger partial charge >= 0.3 is 0 Å². The summed E-state index contributed by atoms with van der Waals surface area (Å²) in [6.45, 7) is 4.14. The number of carbonyl (C=O) groups excluding carboxylic acids is 1. The Morgan fingerprint density at radius 3 is 2.75 bits per heavy atom. The van der Waals surface area contributed by atoms with E-state index in [9.17, 15) is 4.79 Å². The van der Waals surface area contributed by atoms with Crippen LogP contribution < -0.4 is 5.32 Å². The Balaban J connectivity index is 1.36.